The molecule has 0 fully saturated rings. The summed E-state index contributed by atoms with van der Waals surface area (Å²) < 4.78 is 41.6. The van der Waals surface area contributed by atoms with Crippen molar-refractivity contribution in [1.82, 2.24) is 9.55 Å². The van der Waals surface area contributed by atoms with Crippen LogP contribution in [-0.4, -0.2) is 25.7 Å². The third-order valence-electron chi connectivity index (χ3n) is 5.09. The van der Waals surface area contributed by atoms with E-state index in [-0.39, 0.29) is 17.8 Å². The number of unbranched alkanes of at least 4 members (excludes halogenated alkanes) is 1. The zero-order valence-electron chi connectivity index (χ0n) is 17.0. The van der Waals surface area contributed by atoms with Gasteiger partial charge in [0.05, 0.1) is 17.9 Å². The average molecular weight is 432 g/mol. The van der Waals surface area contributed by atoms with Crippen molar-refractivity contribution >= 4 is 5.97 Å². The lowest BCUT2D eigenvalue weighted by Gasteiger charge is -2.13. The van der Waals surface area contributed by atoms with Crippen molar-refractivity contribution in [2.45, 2.75) is 45.5 Å². The molecule has 0 amide bonds. The molecule has 0 saturated heterocycles. The number of alkyl halides is 3. The maximum atomic E-state index is 13.4. The molecule has 0 unspecified atom stereocenters. The number of hydrogen-bond donors (Lipinski definition) is 2. The second-order valence-electron chi connectivity index (χ2n) is 7.22. The van der Waals surface area contributed by atoms with Crippen molar-refractivity contribution in [2.75, 3.05) is 0 Å². The summed E-state index contributed by atoms with van der Waals surface area (Å²) in [5.41, 5.74) is 0.839. The number of halogens is 3. The number of nitrogens with zero attached hydrogens (tertiary/aromatic N) is 2. The molecule has 0 saturated carbocycles. The summed E-state index contributed by atoms with van der Waals surface area (Å²) in [6, 6.07) is 13.6. The Morgan fingerprint density at radius 2 is 1.77 bits per heavy atom. The summed E-state index contributed by atoms with van der Waals surface area (Å²) in [5.74, 6) is -0.746. The third-order valence-corrected chi connectivity index (χ3v) is 5.09. The van der Waals surface area contributed by atoms with Gasteiger partial charge in [0.25, 0.3) is 0 Å². The lowest BCUT2D eigenvalue weighted by molar-refractivity contribution is -0.142. The van der Waals surface area contributed by atoms with Gasteiger partial charge in [-0.15, -0.1) is 0 Å². The molecule has 0 atom stereocenters. The number of aliphatic hydroxyl groups excluding tert-OH is 1. The van der Waals surface area contributed by atoms with Crippen molar-refractivity contribution < 1.29 is 28.2 Å². The summed E-state index contributed by atoms with van der Waals surface area (Å²) in [6.07, 6.45) is -2.78. The Labute approximate surface area is 177 Å². The number of carboxylic acid groups (broad SMARTS) is 1. The van der Waals surface area contributed by atoms with E-state index in [2.05, 4.69) is 4.98 Å². The molecule has 0 aliphatic heterocycles. The summed E-state index contributed by atoms with van der Waals surface area (Å²) in [5, 5.41) is 19.0. The first-order chi connectivity index (χ1) is 14.8. The van der Waals surface area contributed by atoms with E-state index in [1.165, 1.54) is 10.6 Å². The number of aliphatic hydroxyl groups is 1. The third kappa shape index (κ3) is 4.96. The van der Waals surface area contributed by atoms with Crippen LogP contribution in [0.5, 0.6) is 0 Å². The number of aromatic nitrogens is 2. The van der Waals surface area contributed by atoms with Gasteiger partial charge >= 0.3 is 12.1 Å². The SMILES string of the molecule is CCCCc1nc(C(F)(F)F)c(CO)n1Cc1ccc(-c2ccccc2C(=O)O)cc1. The number of carbonyl (C=O) groups is 1. The zero-order chi connectivity index (χ0) is 22.6. The topological polar surface area (TPSA) is 75.4 Å². The maximum absolute atomic E-state index is 13.4. The van der Waals surface area contributed by atoms with Gasteiger partial charge in [0.1, 0.15) is 5.82 Å². The van der Waals surface area contributed by atoms with Crippen molar-refractivity contribution in [3.05, 3.63) is 76.9 Å². The lowest BCUT2D eigenvalue weighted by atomic mass is 9.98. The number of rotatable bonds is 8. The van der Waals surface area contributed by atoms with Crippen LogP contribution in [0.2, 0.25) is 0 Å². The van der Waals surface area contributed by atoms with Crippen molar-refractivity contribution in [1.29, 1.82) is 0 Å². The summed E-state index contributed by atoms with van der Waals surface area (Å²) in [4.78, 5) is 15.2. The molecule has 1 aromatic heterocycles. The van der Waals surface area contributed by atoms with Crippen LogP contribution in [0.3, 0.4) is 0 Å². The molecule has 0 aliphatic carbocycles. The molecule has 0 spiro atoms. The van der Waals surface area contributed by atoms with Crippen molar-refractivity contribution in [2.24, 2.45) is 0 Å². The Balaban J connectivity index is 1.96. The van der Waals surface area contributed by atoms with E-state index in [4.69, 9.17) is 0 Å². The highest BCUT2D eigenvalue weighted by Gasteiger charge is 2.38. The van der Waals surface area contributed by atoms with Gasteiger partial charge < -0.3 is 14.8 Å². The van der Waals surface area contributed by atoms with Gasteiger partial charge in [0, 0.05) is 13.0 Å². The number of imidazole rings is 1. The Morgan fingerprint density at radius 3 is 2.35 bits per heavy atom. The Kier molecular flexibility index (Phi) is 6.80. The van der Waals surface area contributed by atoms with Gasteiger partial charge in [-0.05, 0) is 29.2 Å². The van der Waals surface area contributed by atoms with E-state index in [1.807, 2.05) is 6.92 Å². The Morgan fingerprint density at radius 1 is 1.10 bits per heavy atom. The molecule has 3 rings (SSSR count). The molecule has 3 aromatic rings. The molecule has 0 radical (unpaired) electrons. The standard InChI is InChI=1S/C23H23F3N2O3/c1-2-3-8-20-27-21(23(24,25)26)19(14-29)28(20)13-15-9-11-16(12-10-15)17-6-4-5-7-18(17)22(30)31/h4-7,9-12,29H,2-3,8,13-14H2,1H3,(H,30,31). The van der Waals surface area contributed by atoms with Crippen LogP contribution < -0.4 is 0 Å². The van der Waals surface area contributed by atoms with E-state index in [9.17, 15) is 28.2 Å². The predicted octanol–water partition coefficient (Wildman–Crippen LogP) is 5.15. The van der Waals surface area contributed by atoms with Gasteiger partial charge in [-0.1, -0.05) is 55.8 Å². The van der Waals surface area contributed by atoms with Crippen LogP contribution in [-0.2, 0) is 25.7 Å². The monoisotopic (exact) mass is 432 g/mol. The molecule has 8 heteroatoms. The van der Waals surface area contributed by atoms with Crippen molar-refractivity contribution in [3.63, 3.8) is 0 Å². The van der Waals surface area contributed by atoms with E-state index in [1.54, 1.807) is 42.5 Å². The summed E-state index contributed by atoms with van der Waals surface area (Å²) >= 11 is 0. The van der Waals surface area contributed by atoms with Crippen LogP contribution in [0, 0.1) is 0 Å². The van der Waals surface area contributed by atoms with Gasteiger partial charge in [-0.25, -0.2) is 9.78 Å². The average Bonchev–Trinajstić information content (AvgIpc) is 3.10. The van der Waals surface area contributed by atoms with Gasteiger partial charge in [-0.2, -0.15) is 13.2 Å². The fourth-order valence-corrected chi connectivity index (χ4v) is 3.53. The fourth-order valence-electron chi connectivity index (χ4n) is 3.53. The lowest BCUT2D eigenvalue weighted by Crippen LogP contribution is -2.13. The normalized spacial score (nSPS) is 11.6. The number of benzene rings is 2. The van der Waals surface area contributed by atoms with Gasteiger partial charge in [0.2, 0.25) is 0 Å². The summed E-state index contributed by atoms with van der Waals surface area (Å²) in [6.45, 7) is 1.30. The highest BCUT2D eigenvalue weighted by atomic mass is 19.4. The highest BCUT2D eigenvalue weighted by Crippen LogP contribution is 2.33. The van der Waals surface area contributed by atoms with Crippen LogP contribution in [0.1, 0.15) is 52.9 Å². The van der Waals surface area contributed by atoms with Crippen LogP contribution in [0.25, 0.3) is 11.1 Å². The van der Waals surface area contributed by atoms with Crippen LogP contribution >= 0.6 is 0 Å². The summed E-state index contributed by atoms with van der Waals surface area (Å²) in [7, 11) is 0. The first kappa shape index (κ1) is 22.6. The second-order valence-corrected chi connectivity index (χ2v) is 7.22. The fraction of sp³-hybridized carbons (Fsp3) is 0.304. The molecule has 5 nitrogen and oxygen atoms in total. The smallest absolute Gasteiger partial charge is 0.435 e. The molecule has 0 bridgehead atoms. The van der Waals surface area contributed by atoms with E-state index >= 15 is 0 Å². The Bertz CT molecular complexity index is 1060. The minimum Gasteiger partial charge on any atom is -0.478 e. The largest absolute Gasteiger partial charge is 0.478 e. The molecular formula is C23H23F3N2O3. The predicted molar refractivity (Wildman–Crippen MR) is 110 cm³/mol. The van der Waals surface area contributed by atoms with E-state index < -0.39 is 24.4 Å². The number of aromatic carboxylic acids is 1. The minimum atomic E-state index is -4.64. The Hall–Kier alpha value is -3.13. The zero-order valence-corrected chi connectivity index (χ0v) is 17.0. The first-order valence-corrected chi connectivity index (χ1v) is 9.94. The number of aryl methyl sites for hydroxylation is 1. The number of hydrogen-bond acceptors (Lipinski definition) is 3. The number of carboxylic acids is 1. The molecule has 31 heavy (non-hydrogen) atoms. The minimum absolute atomic E-state index is 0.124. The van der Waals surface area contributed by atoms with Crippen LogP contribution in [0.4, 0.5) is 13.2 Å². The van der Waals surface area contributed by atoms with E-state index in [0.29, 0.717) is 29.8 Å². The second kappa shape index (κ2) is 9.34. The molecule has 164 valence electrons. The molecular weight excluding hydrogens is 409 g/mol. The van der Waals surface area contributed by atoms with E-state index in [0.717, 1.165) is 12.0 Å². The molecule has 2 N–H and O–H groups in total. The first-order valence-electron chi connectivity index (χ1n) is 9.94. The maximum Gasteiger partial charge on any atom is 0.435 e. The molecule has 1 heterocycles. The van der Waals surface area contributed by atoms with Crippen LogP contribution in [0.15, 0.2) is 48.5 Å². The quantitative estimate of drug-likeness (QED) is 0.516. The van der Waals surface area contributed by atoms with Gasteiger partial charge in [0.15, 0.2) is 5.69 Å². The van der Waals surface area contributed by atoms with Crippen molar-refractivity contribution in [3.8, 4) is 11.1 Å². The molecule has 0 aliphatic rings. The van der Waals surface area contributed by atoms with Gasteiger partial charge in [-0.3, -0.25) is 0 Å². The highest BCUT2D eigenvalue weighted by molar-refractivity contribution is 5.95. The molecule has 2 aromatic carbocycles.